The maximum Gasteiger partial charge on any atom is 0.188 e. The number of tetrazole rings is 1. The van der Waals surface area contributed by atoms with E-state index in [2.05, 4.69) is 47.4 Å². The van der Waals surface area contributed by atoms with Crippen LogP contribution in [0.2, 0.25) is 0 Å². The van der Waals surface area contributed by atoms with Gasteiger partial charge in [-0.25, -0.2) is 0 Å². The molecule has 0 radical (unpaired) electrons. The van der Waals surface area contributed by atoms with Gasteiger partial charge in [-0.1, -0.05) is 22.0 Å². The summed E-state index contributed by atoms with van der Waals surface area (Å²) in [6, 6.07) is 11.6. The van der Waals surface area contributed by atoms with Crippen molar-refractivity contribution in [3.05, 3.63) is 50.9 Å². The van der Waals surface area contributed by atoms with Crippen molar-refractivity contribution in [2.75, 3.05) is 5.73 Å². The molecule has 0 saturated carbocycles. The zero-order valence-electron chi connectivity index (χ0n) is 11.1. The third kappa shape index (κ3) is 2.71. The summed E-state index contributed by atoms with van der Waals surface area (Å²) in [5.74, 6) is 0.624. The number of benzene rings is 2. The Hall–Kier alpha value is -1.73. The molecule has 2 N–H and O–H groups in total. The van der Waals surface area contributed by atoms with Gasteiger partial charge in [-0.2, -0.15) is 4.68 Å². The molecule has 5 nitrogen and oxygen atoms in total. The Labute approximate surface area is 138 Å². The average molecular weight is 409 g/mol. The standard InChI is InChI=1S/C14H11Br2N5/c1-8-2-5-13(12(16)6-8)21-14(18-19-20-21)10-7-9(17)3-4-11(10)15/h2-7H,17H2,1H3. The van der Waals surface area contributed by atoms with Crippen molar-refractivity contribution >= 4 is 37.5 Å². The molecule has 0 aliphatic rings. The first-order valence-electron chi connectivity index (χ1n) is 6.16. The molecule has 0 spiro atoms. The number of hydrogen-bond donors (Lipinski definition) is 1. The van der Waals surface area contributed by atoms with Gasteiger partial charge in [0.05, 0.1) is 5.69 Å². The quantitative estimate of drug-likeness (QED) is 0.655. The molecule has 106 valence electrons. The van der Waals surface area contributed by atoms with E-state index in [0.29, 0.717) is 11.5 Å². The van der Waals surface area contributed by atoms with Gasteiger partial charge in [0, 0.05) is 20.2 Å². The molecule has 3 aromatic rings. The Morgan fingerprint density at radius 1 is 1.05 bits per heavy atom. The van der Waals surface area contributed by atoms with Gasteiger partial charge in [-0.05, 0) is 69.2 Å². The lowest BCUT2D eigenvalue weighted by Gasteiger charge is -2.09. The first kappa shape index (κ1) is 14.2. The molecule has 7 heteroatoms. The largest absolute Gasteiger partial charge is 0.399 e. The number of halogens is 2. The molecule has 0 aliphatic carbocycles. The summed E-state index contributed by atoms with van der Waals surface area (Å²) >= 11 is 7.07. The van der Waals surface area contributed by atoms with Crippen LogP contribution in [0.5, 0.6) is 0 Å². The molecule has 0 unspecified atom stereocenters. The fourth-order valence-electron chi connectivity index (χ4n) is 2.02. The number of nitrogens with two attached hydrogens (primary N) is 1. The highest BCUT2D eigenvalue weighted by atomic mass is 79.9. The fourth-order valence-corrected chi connectivity index (χ4v) is 3.10. The molecular weight excluding hydrogens is 398 g/mol. The Morgan fingerprint density at radius 2 is 1.86 bits per heavy atom. The number of nitrogen functional groups attached to an aromatic ring is 1. The number of aromatic nitrogens is 4. The van der Waals surface area contributed by atoms with E-state index in [1.807, 2.05) is 43.3 Å². The van der Waals surface area contributed by atoms with Crippen molar-refractivity contribution in [2.24, 2.45) is 0 Å². The van der Waals surface area contributed by atoms with Crippen LogP contribution in [0.25, 0.3) is 17.1 Å². The summed E-state index contributed by atoms with van der Waals surface area (Å²) in [5.41, 5.74) is 9.39. The smallest absolute Gasteiger partial charge is 0.188 e. The maximum atomic E-state index is 5.86. The molecule has 1 aromatic heterocycles. The summed E-state index contributed by atoms with van der Waals surface area (Å²) in [6.07, 6.45) is 0. The van der Waals surface area contributed by atoms with Gasteiger partial charge in [0.2, 0.25) is 0 Å². The van der Waals surface area contributed by atoms with E-state index in [4.69, 9.17) is 5.73 Å². The van der Waals surface area contributed by atoms with Crippen LogP contribution < -0.4 is 5.73 Å². The van der Waals surface area contributed by atoms with Gasteiger partial charge >= 0.3 is 0 Å². The first-order chi connectivity index (χ1) is 10.1. The minimum atomic E-state index is 0.624. The summed E-state index contributed by atoms with van der Waals surface area (Å²) in [7, 11) is 0. The van der Waals surface area contributed by atoms with E-state index >= 15 is 0 Å². The number of rotatable bonds is 2. The second-order valence-electron chi connectivity index (χ2n) is 4.61. The van der Waals surface area contributed by atoms with Crippen molar-refractivity contribution in [3.63, 3.8) is 0 Å². The van der Waals surface area contributed by atoms with Crippen molar-refractivity contribution in [1.29, 1.82) is 0 Å². The SMILES string of the molecule is Cc1ccc(-n2nnnc2-c2cc(N)ccc2Br)c(Br)c1. The lowest BCUT2D eigenvalue weighted by Crippen LogP contribution is -2.02. The highest BCUT2D eigenvalue weighted by Gasteiger charge is 2.15. The van der Waals surface area contributed by atoms with Crippen molar-refractivity contribution in [3.8, 4) is 17.1 Å². The summed E-state index contributed by atoms with van der Waals surface area (Å²) in [4.78, 5) is 0. The molecule has 3 rings (SSSR count). The van der Waals surface area contributed by atoms with Crippen LogP contribution in [0.3, 0.4) is 0 Å². The van der Waals surface area contributed by atoms with Crippen LogP contribution in [0.4, 0.5) is 5.69 Å². The van der Waals surface area contributed by atoms with E-state index in [-0.39, 0.29) is 0 Å². The van der Waals surface area contributed by atoms with Gasteiger partial charge in [-0.15, -0.1) is 5.10 Å². The molecule has 2 aromatic carbocycles. The van der Waals surface area contributed by atoms with Crippen LogP contribution in [0.15, 0.2) is 45.3 Å². The molecule has 0 atom stereocenters. The molecular formula is C14H11Br2N5. The second-order valence-corrected chi connectivity index (χ2v) is 6.32. The fraction of sp³-hybridized carbons (Fsp3) is 0.0714. The minimum Gasteiger partial charge on any atom is -0.399 e. The molecule has 21 heavy (non-hydrogen) atoms. The van der Waals surface area contributed by atoms with E-state index in [9.17, 15) is 0 Å². The molecule has 1 heterocycles. The number of hydrogen-bond acceptors (Lipinski definition) is 4. The van der Waals surface area contributed by atoms with E-state index in [1.165, 1.54) is 0 Å². The summed E-state index contributed by atoms with van der Waals surface area (Å²) in [5, 5.41) is 12.0. The Balaban J connectivity index is 2.19. The van der Waals surface area contributed by atoms with Gasteiger partial charge in [0.15, 0.2) is 5.82 Å². The van der Waals surface area contributed by atoms with Gasteiger partial charge in [0.25, 0.3) is 0 Å². The lowest BCUT2D eigenvalue weighted by atomic mass is 10.2. The Bertz CT molecular complexity index is 813. The van der Waals surface area contributed by atoms with Crippen LogP contribution in [-0.4, -0.2) is 20.2 Å². The van der Waals surface area contributed by atoms with Gasteiger partial charge in [0.1, 0.15) is 0 Å². The highest BCUT2D eigenvalue weighted by Crippen LogP contribution is 2.31. The van der Waals surface area contributed by atoms with E-state index < -0.39 is 0 Å². The molecule has 0 amide bonds. The third-order valence-corrected chi connectivity index (χ3v) is 4.36. The van der Waals surface area contributed by atoms with Gasteiger partial charge in [-0.3, -0.25) is 0 Å². The number of aryl methyl sites for hydroxylation is 1. The highest BCUT2D eigenvalue weighted by molar-refractivity contribution is 9.11. The van der Waals surface area contributed by atoms with Crippen molar-refractivity contribution in [1.82, 2.24) is 20.2 Å². The van der Waals surface area contributed by atoms with Crippen LogP contribution in [0, 0.1) is 6.92 Å². The number of anilines is 1. The summed E-state index contributed by atoms with van der Waals surface area (Å²) in [6.45, 7) is 2.03. The monoisotopic (exact) mass is 407 g/mol. The summed E-state index contributed by atoms with van der Waals surface area (Å²) < 4.78 is 3.50. The molecule has 0 bridgehead atoms. The first-order valence-corrected chi connectivity index (χ1v) is 7.75. The number of nitrogens with zero attached hydrogens (tertiary/aromatic N) is 4. The predicted octanol–water partition coefficient (Wildman–Crippen LogP) is 3.74. The van der Waals surface area contributed by atoms with E-state index in [1.54, 1.807) is 4.68 Å². The Morgan fingerprint density at radius 3 is 2.62 bits per heavy atom. The topological polar surface area (TPSA) is 69.6 Å². The van der Waals surface area contributed by atoms with Crippen LogP contribution in [0.1, 0.15) is 5.56 Å². The predicted molar refractivity (Wildman–Crippen MR) is 89.1 cm³/mol. The zero-order valence-corrected chi connectivity index (χ0v) is 14.3. The maximum absolute atomic E-state index is 5.86. The van der Waals surface area contributed by atoms with Crippen LogP contribution in [-0.2, 0) is 0 Å². The van der Waals surface area contributed by atoms with Crippen molar-refractivity contribution < 1.29 is 0 Å². The van der Waals surface area contributed by atoms with Gasteiger partial charge < -0.3 is 5.73 Å². The second kappa shape index (κ2) is 5.57. The van der Waals surface area contributed by atoms with E-state index in [0.717, 1.165) is 25.8 Å². The van der Waals surface area contributed by atoms with Crippen LogP contribution >= 0.6 is 31.9 Å². The normalized spacial score (nSPS) is 10.8. The third-order valence-electron chi connectivity index (χ3n) is 3.03. The minimum absolute atomic E-state index is 0.624. The lowest BCUT2D eigenvalue weighted by molar-refractivity contribution is 0.788. The average Bonchev–Trinajstić information content (AvgIpc) is 2.90. The molecule has 0 saturated heterocycles. The zero-order chi connectivity index (χ0) is 15.0. The Kier molecular flexibility index (Phi) is 3.77. The van der Waals surface area contributed by atoms with Crippen molar-refractivity contribution in [2.45, 2.75) is 6.92 Å². The molecule has 0 fully saturated rings. The molecule has 0 aliphatic heterocycles.